The first-order valence-corrected chi connectivity index (χ1v) is 5.47. The van der Waals surface area contributed by atoms with Gasteiger partial charge in [0, 0.05) is 26.2 Å². The van der Waals surface area contributed by atoms with Crippen LogP contribution >= 0.6 is 0 Å². The highest BCUT2D eigenvalue weighted by Gasteiger charge is 2.05. The Morgan fingerprint density at radius 2 is 1.94 bits per heavy atom. The number of allylic oxidation sites excluding steroid dienone is 4. The van der Waals surface area contributed by atoms with Crippen molar-refractivity contribution in [1.29, 1.82) is 0 Å². The van der Waals surface area contributed by atoms with Crippen LogP contribution in [0.3, 0.4) is 0 Å². The van der Waals surface area contributed by atoms with E-state index >= 15 is 0 Å². The molecule has 0 bridgehead atoms. The van der Waals surface area contributed by atoms with E-state index in [9.17, 15) is 0 Å². The van der Waals surface area contributed by atoms with E-state index in [0.29, 0.717) is 0 Å². The summed E-state index contributed by atoms with van der Waals surface area (Å²) in [4.78, 5) is 2.15. The second-order valence-corrected chi connectivity index (χ2v) is 4.12. The molecule has 1 radical (unpaired) electrons. The van der Waals surface area contributed by atoms with Gasteiger partial charge in [-0.1, -0.05) is 42.5 Å². The van der Waals surface area contributed by atoms with E-state index in [2.05, 4.69) is 61.5 Å². The number of rotatable bonds is 2. The van der Waals surface area contributed by atoms with Crippen molar-refractivity contribution in [1.82, 2.24) is 4.90 Å². The normalized spacial score (nSPS) is 17.4. The lowest BCUT2D eigenvalue weighted by molar-refractivity contribution is 0.497. The van der Waals surface area contributed by atoms with Gasteiger partial charge in [-0.15, -0.1) is 0 Å². The van der Waals surface area contributed by atoms with Crippen LogP contribution in [0.25, 0.3) is 6.08 Å². The van der Waals surface area contributed by atoms with Crippen molar-refractivity contribution in [3.8, 4) is 0 Å². The van der Waals surface area contributed by atoms with E-state index in [0.717, 1.165) is 6.42 Å². The summed E-state index contributed by atoms with van der Waals surface area (Å²) in [5.41, 5.74) is 3.79. The molecule has 0 saturated heterocycles. The SMILES string of the molecule is CN(C)C1=CC=[C]C(=Cc2ccccc2)C1. The first kappa shape index (κ1) is 10.7. The second-order valence-electron chi connectivity index (χ2n) is 4.12. The number of nitrogens with zero attached hydrogens (tertiary/aromatic N) is 1. The summed E-state index contributed by atoms with van der Waals surface area (Å²) in [7, 11) is 4.15. The van der Waals surface area contributed by atoms with Gasteiger partial charge in [0.15, 0.2) is 0 Å². The van der Waals surface area contributed by atoms with E-state index in [1.165, 1.54) is 16.8 Å². The molecule has 0 atom stereocenters. The average molecular weight is 210 g/mol. The van der Waals surface area contributed by atoms with Crippen LogP contribution in [-0.4, -0.2) is 19.0 Å². The Kier molecular flexibility index (Phi) is 3.25. The maximum atomic E-state index is 3.29. The summed E-state index contributed by atoms with van der Waals surface area (Å²) in [5.74, 6) is 0. The minimum Gasteiger partial charge on any atom is -0.381 e. The quantitative estimate of drug-likeness (QED) is 0.724. The van der Waals surface area contributed by atoms with Crippen molar-refractivity contribution >= 4 is 6.08 Å². The van der Waals surface area contributed by atoms with Gasteiger partial charge in [-0.25, -0.2) is 0 Å². The van der Waals surface area contributed by atoms with Crippen molar-refractivity contribution in [2.75, 3.05) is 14.1 Å². The predicted molar refractivity (Wildman–Crippen MR) is 68.6 cm³/mol. The van der Waals surface area contributed by atoms with Crippen LogP contribution < -0.4 is 0 Å². The second kappa shape index (κ2) is 4.84. The van der Waals surface area contributed by atoms with Crippen molar-refractivity contribution in [3.05, 3.63) is 65.4 Å². The molecule has 0 unspecified atom stereocenters. The average Bonchev–Trinajstić information content (AvgIpc) is 2.30. The molecule has 0 aromatic heterocycles. The molecule has 0 fully saturated rings. The molecule has 81 valence electrons. The Balaban J connectivity index is 2.17. The van der Waals surface area contributed by atoms with Crippen LogP contribution in [0.1, 0.15) is 12.0 Å². The fourth-order valence-corrected chi connectivity index (χ4v) is 1.70. The highest BCUT2D eigenvalue weighted by Crippen LogP contribution is 2.20. The number of benzene rings is 1. The molecular formula is C15H16N. The molecule has 0 spiro atoms. The molecule has 1 aromatic carbocycles. The third-order valence-corrected chi connectivity index (χ3v) is 2.63. The predicted octanol–water partition coefficient (Wildman–Crippen LogP) is 3.28. The van der Waals surface area contributed by atoms with Gasteiger partial charge in [0.05, 0.1) is 0 Å². The molecule has 2 rings (SSSR count). The van der Waals surface area contributed by atoms with Gasteiger partial charge in [0.25, 0.3) is 0 Å². The van der Waals surface area contributed by atoms with Gasteiger partial charge in [-0.3, -0.25) is 0 Å². The first-order chi connectivity index (χ1) is 7.75. The molecule has 0 heterocycles. The largest absolute Gasteiger partial charge is 0.381 e. The number of hydrogen-bond acceptors (Lipinski definition) is 1. The van der Waals surface area contributed by atoms with Gasteiger partial charge >= 0.3 is 0 Å². The summed E-state index contributed by atoms with van der Waals surface area (Å²) in [6.07, 6.45) is 10.5. The van der Waals surface area contributed by atoms with Gasteiger partial charge in [-0.05, 0) is 23.3 Å². The van der Waals surface area contributed by atoms with E-state index in [1.807, 2.05) is 12.1 Å². The van der Waals surface area contributed by atoms with Crippen LogP contribution in [-0.2, 0) is 0 Å². The Morgan fingerprint density at radius 3 is 2.62 bits per heavy atom. The molecule has 1 nitrogen and oxygen atoms in total. The molecule has 1 heteroatoms. The summed E-state index contributed by atoms with van der Waals surface area (Å²) in [5, 5.41) is 0. The minimum atomic E-state index is 0.957. The highest BCUT2D eigenvalue weighted by molar-refractivity contribution is 5.56. The fourth-order valence-electron chi connectivity index (χ4n) is 1.70. The van der Waals surface area contributed by atoms with Gasteiger partial charge in [-0.2, -0.15) is 0 Å². The fraction of sp³-hybridized carbons (Fsp3) is 0.200. The molecule has 1 aromatic rings. The lowest BCUT2D eigenvalue weighted by Gasteiger charge is -2.19. The Hall–Kier alpha value is -1.76. The molecule has 16 heavy (non-hydrogen) atoms. The topological polar surface area (TPSA) is 3.24 Å². The van der Waals surface area contributed by atoms with Crippen molar-refractivity contribution in [2.24, 2.45) is 0 Å². The summed E-state index contributed by atoms with van der Waals surface area (Å²) >= 11 is 0. The third kappa shape index (κ3) is 2.63. The van der Waals surface area contributed by atoms with Crippen LogP contribution in [0.2, 0.25) is 0 Å². The summed E-state index contributed by atoms with van der Waals surface area (Å²) in [6.45, 7) is 0. The minimum absolute atomic E-state index is 0.957. The lowest BCUT2D eigenvalue weighted by Crippen LogP contribution is -2.12. The standard InChI is InChI=1S/C15H16N/c1-16(2)15-10-6-9-14(12-15)11-13-7-4-3-5-8-13/h3-8,10-11H,12H2,1-2H3. The van der Waals surface area contributed by atoms with Crippen LogP contribution in [0.15, 0.2) is 53.8 Å². The van der Waals surface area contributed by atoms with Crippen molar-refractivity contribution in [2.45, 2.75) is 6.42 Å². The van der Waals surface area contributed by atoms with Gasteiger partial charge < -0.3 is 4.90 Å². The van der Waals surface area contributed by atoms with E-state index in [4.69, 9.17) is 0 Å². The molecule has 0 amide bonds. The zero-order chi connectivity index (χ0) is 11.4. The zero-order valence-corrected chi connectivity index (χ0v) is 9.77. The van der Waals surface area contributed by atoms with E-state index in [-0.39, 0.29) is 0 Å². The first-order valence-electron chi connectivity index (χ1n) is 5.47. The maximum Gasteiger partial charge on any atom is 0.0172 e. The van der Waals surface area contributed by atoms with Crippen LogP contribution in [0, 0.1) is 6.08 Å². The maximum absolute atomic E-state index is 3.29. The Labute approximate surface area is 97.4 Å². The molecular weight excluding hydrogens is 194 g/mol. The molecule has 0 aliphatic heterocycles. The monoisotopic (exact) mass is 210 g/mol. The Bertz CT molecular complexity index is 436. The zero-order valence-electron chi connectivity index (χ0n) is 9.77. The van der Waals surface area contributed by atoms with Crippen molar-refractivity contribution < 1.29 is 0 Å². The van der Waals surface area contributed by atoms with Gasteiger partial charge in [0.2, 0.25) is 0 Å². The molecule has 1 aliphatic carbocycles. The lowest BCUT2D eigenvalue weighted by atomic mass is 10.0. The third-order valence-electron chi connectivity index (χ3n) is 2.63. The van der Waals surface area contributed by atoms with Crippen molar-refractivity contribution in [3.63, 3.8) is 0 Å². The molecule has 0 saturated carbocycles. The Morgan fingerprint density at radius 1 is 1.19 bits per heavy atom. The van der Waals surface area contributed by atoms with E-state index in [1.54, 1.807) is 0 Å². The van der Waals surface area contributed by atoms with Crippen LogP contribution in [0.5, 0.6) is 0 Å². The molecule has 0 N–H and O–H groups in total. The molecule has 1 aliphatic rings. The summed E-state index contributed by atoms with van der Waals surface area (Å²) in [6, 6.07) is 10.4. The highest BCUT2D eigenvalue weighted by atomic mass is 15.1. The smallest absolute Gasteiger partial charge is 0.0172 e. The van der Waals surface area contributed by atoms with Crippen LogP contribution in [0.4, 0.5) is 0 Å². The summed E-state index contributed by atoms with van der Waals surface area (Å²) < 4.78 is 0. The number of hydrogen-bond donors (Lipinski definition) is 0. The van der Waals surface area contributed by atoms with E-state index < -0.39 is 0 Å². The van der Waals surface area contributed by atoms with Gasteiger partial charge in [0.1, 0.15) is 0 Å².